The van der Waals surface area contributed by atoms with Crippen LogP contribution in [0.15, 0.2) is 22.8 Å². The van der Waals surface area contributed by atoms with Gasteiger partial charge in [-0.1, -0.05) is 0 Å². The standard InChI is InChI=1S/C15H21N3O4/c1-14(2,20)9-21-15(3,4)8-16-13(19)10-5-6-11-12(7-10)18-22-17-11/h5-7,20H,8-9H2,1-4H3,(H,16,19). The number of fused-ring (bicyclic) bond motifs is 1. The van der Waals surface area contributed by atoms with E-state index in [1.165, 1.54) is 0 Å². The van der Waals surface area contributed by atoms with E-state index in [2.05, 4.69) is 20.3 Å². The van der Waals surface area contributed by atoms with Crippen LogP contribution in [0, 0.1) is 0 Å². The van der Waals surface area contributed by atoms with Crippen LogP contribution in [0.2, 0.25) is 0 Å². The Morgan fingerprint density at radius 1 is 1.27 bits per heavy atom. The number of benzene rings is 1. The van der Waals surface area contributed by atoms with Gasteiger partial charge in [-0.15, -0.1) is 0 Å². The molecule has 2 N–H and O–H groups in total. The summed E-state index contributed by atoms with van der Waals surface area (Å²) in [4.78, 5) is 12.2. The molecule has 1 amide bonds. The third-order valence-electron chi connectivity index (χ3n) is 3.01. The van der Waals surface area contributed by atoms with Gasteiger partial charge in [0.05, 0.1) is 17.8 Å². The SMILES string of the molecule is CC(C)(O)COC(C)(C)CNC(=O)c1ccc2nonc2c1. The Morgan fingerprint density at radius 3 is 2.64 bits per heavy atom. The molecule has 1 heterocycles. The summed E-state index contributed by atoms with van der Waals surface area (Å²) in [6.45, 7) is 7.54. The predicted octanol–water partition coefficient (Wildman–Crippen LogP) is 1.52. The molecule has 1 aromatic carbocycles. The second-order valence-corrected chi connectivity index (χ2v) is 6.51. The van der Waals surface area contributed by atoms with Crippen molar-refractivity contribution in [3.05, 3.63) is 23.8 Å². The minimum absolute atomic E-state index is 0.187. The molecule has 1 aromatic heterocycles. The van der Waals surface area contributed by atoms with Crippen molar-refractivity contribution in [1.82, 2.24) is 15.6 Å². The Balaban J connectivity index is 1.93. The highest BCUT2D eigenvalue weighted by atomic mass is 16.6. The molecule has 0 saturated heterocycles. The Morgan fingerprint density at radius 2 is 1.95 bits per heavy atom. The fourth-order valence-corrected chi connectivity index (χ4v) is 1.74. The maximum absolute atomic E-state index is 12.2. The van der Waals surface area contributed by atoms with E-state index in [0.717, 1.165) is 0 Å². The van der Waals surface area contributed by atoms with Gasteiger partial charge in [0.1, 0.15) is 11.0 Å². The van der Waals surface area contributed by atoms with E-state index in [0.29, 0.717) is 23.1 Å². The lowest BCUT2D eigenvalue weighted by molar-refractivity contribution is -0.0886. The van der Waals surface area contributed by atoms with Crippen LogP contribution >= 0.6 is 0 Å². The number of aromatic nitrogens is 2. The Bertz CT molecular complexity index is 658. The lowest BCUT2D eigenvalue weighted by Gasteiger charge is -2.29. The van der Waals surface area contributed by atoms with Crippen molar-refractivity contribution in [3.63, 3.8) is 0 Å². The molecule has 0 aliphatic heterocycles. The number of carbonyl (C=O) groups is 1. The fraction of sp³-hybridized carbons (Fsp3) is 0.533. The van der Waals surface area contributed by atoms with Crippen LogP contribution in [0.3, 0.4) is 0 Å². The summed E-state index contributed by atoms with van der Waals surface area (Å²) in [6.07, 6.45) is 0. The van der Waals surface area contributed by atoms with Crippen molar-refractivity contribution in [2.45, 2.75) is 38.9 Å². The van der Waals surface area contributed by atoms with Crippen molar-refractivity contribution in [1.29, 1.82) is 0 Å². The molecular formula is C15H21N3O4. The number of ether oxygens (including phenoxy) is 1. The van der Waals surface area contributed by atoms with Crippen LogP contribution < -0.4 is 5.32 Å². The average Bonchev–Trinajstić information content (AvgIpc) is 2.89. The van der Waals surface area contributed by atoms with Gasteiger partial charge in [0.25, 0.3) is 5.91 Å². The highest BCUT2D eigenvalue weighted by molar-refractivity contribution is 5.97. The van der Waals surface area contributed by atoms with Gasteiger partial charge in [-0.05, 0) is 56.2 Å². The molecule has 0 saturated carbocycles. The van der Waals surface area contributed by atoms with Crippen molar-refractivity contribution >= 4 is 16.9 Å². The van der Waals surface area contributed by atoms with Gasteiger partial charge in [-0.25, -0.2) is 4.63 Å². The summed E-state index contributed by atoms with van der Waals surface area (Å²) >= 11 is 0. The van der Waals surface area contributed by atoms with E-state index < -0.39 is 11.2 Å². The summed E-state index contributed by atoms with van der Waals surface area (Å²) in [6, 6.07) is 4.95. The first-order valence-corrected chi connectivity index (χ1v) is 7.03. The first kappa shape index (κ1) is 16.4. The summed E-state index contributed by atoms with van der Waals surface area (Å²) < 4.78 is 10.2. The number of aliphatic hydroxyl groups is 1. The molecule has 0 aliphatic rings. The zero-order chi connectivity index (χ0) is 16.4. The zero-order valence-corrected chi connectivity index (χ0v) is 13.2. The van der Waals surface area contributed by atoms with Crippen molar-refractivity contribution < 1.29 is 19.3 Å². The van der Waals surface area contributed by atoms with Gasteiger partial charge < -0.3 is 15.2 Å². The second-order valence-electron chi connectivity index (χ2n) is 6.51. The smallest absolute Gasteiger partial charge is 0.251 e. The molecule has 2 aromatic rings. The maximum atomic E-state index is 12.2. The monoisotopic (exact) mass is 307 g/mol. The average molecular weight is 307 g/mol. The van der Waals surface area contributed by atoms with Crippen molar-refractivity contribution in [2.75, 3.05) is 13.2 Å². The van der Waals surface area contributed by atoms with Gasteiger partial charge >= 0.3 is 0 Å². The molecule has 0 radical (unpaired) electrons. The zero-order valence-electron chi connectivity index (χ0n) is 13.2. The second kappa shape index (κ2) is 6.02. The van der Waals surface area contributed by atoms with Crippen LogP contribution in [-0.4, -0.2) is 45.7 Å². The molecule has 7 heteroatoms. The van der Waals surface area contributed by atoms with Gasteiger partial charge in [-0.3, -0.25) is 4.79 Å². The van der Waals surface area contributed by atoms with E-state index in [1.54, 1.807) is 32.0 Å². The first-order chi connectivity index (χ1) is 10.2. The number of hydrogen-bond donors (Lipinski definition) is 2. The minimum atomic E-state index is -0.910. The molecule has 120 valence electrons. The normalized spacial score (nSPS) is 12.6. The van der Waals surface area contributed by atoms with Crippen LogP contribution in [0.1, 0.15) is 38.1 Å². The summed E-state index contributed by atoms with van der Waals surface area (Å²) in [7, 11) is 0. The van der Waals surface area contributed by atoms with Gasteiger partial charge in [-0.2, -0.15) is 0 Å². The molecule has 0 atom stereocenters. The predicted molar refractivity (Wildman–Crippen MR) is 80.5 cm³/mol. The van der Waals surface area contributed by atoms with Crippen LogP contribution in [0.5, 0.6) is 0 Å². The maximum Gasteiger partial charge on any atom is 0.251 e. The number of amides is 1. The Kier molecular flexibility index (Phi) is 4.48. The number of carbonyl (C=O) groups excluding carboxylic acids is 1. The first-order valence-electron chi connectivity index (χ1n) is 7.03. The van der Waals surface area contributed by atoms with E-state index >= 15 is 0 Å². The third-order valence-corrected chi connectivity index (χ3v) is 3.01. The van der Waals surface area contributed by atoms with Crippen molar-refractivity contribution in [3.8, 4) is 0 Å². The Labute approximate surface area is 128 Å². The molecule has 7 nitrogen and oxygen atoms in total. The quantitative estimate of drug-likeness (QED) is 0.839. The summed E-state index contributed by atoms with van der Waals surface area (Å²) in [5.74, 6) is -0.232. The number of nitrogens with one attached hydrogen (secondary N) is 1. The van der Waals surface area contributed by atoms with E-state index in [4.69, 9.17) is 4.74 Å². The molecule has 0 unspecified atom stereocenters. The molecule has 2 rings (SSSR count). The number of rotatable bonds is 6. The van der Waals surface area contributed by atoms with Crippen LogP contribution in [-0.2, 0) is 4.74 Å². The topological polar surface area (TPSA) is 97.5 Å². The largest absolute Gasteiger partial charge is 0.388 e. The lowest BCUT2D eigenvalue weighted by atomic mass is 10.1. The molecule has 0 bridgehead atoms. The molecule has 0 fully saturated rings. The van der Waals surface area contributed by atoms with Gasteiger partial charge in [0, 0.05) is 12.1 Å². The van der Waals surface area contributed by atoms with Crippen molar-refractivity contribution in [2.24, 2.45) is 0 Å². The van der Waals surface area contributed by atoms with Crippen LogP contribution in [0.4, 0.5) is 0 Å². The van der Waals surface area contributed by atoms with Gasteiger partial charge in [0.2, 0.25) is 0 Å². The molecule has 0 aliphatic carbocycles. The van der Waals surface area contributed by atoms with E-state index in [9.17, 15) is 9.90 Å². The highest BCUT2D eigenvalue weighted by Gasteiger charge is 2.24. The molecule has 22 heavy (non-hydrogen) atoms. The molecule has 0 spiro atoms. The number of hydrogen-bond acceptors (Lipinski definition) is 6. The Hall–Kier alpha value is -1.99. The third kappa shape index (κ3) is 4.51. The summed E-state index contributed by atoms with van der Waals surface area (Å²) in [5.41, 5.74) is 0.110. The number of nitrogens with zero attached hydrogens (tertiary/aromatic N) is 2. The van der Waals surface area contributed by atoms with Gasteiger partial charge in [0.15, 0.2) is 0 Å². The summed E-state index contributed by atoms with van der Waals surface area (Å²) in [5, 5.41) is 19.9. The van der Waals surface area contributed by atoms with E-state index in [1.807, 2.05) is 13.8 Å². The minimum Gasteiger partial charge on any atom is -0.388 e. The fourth-order valence-electron chi connectivity index (χ4n) is 1.74. The highest BCUT2D eigenvalue weighted by Crippen LogP contribution is 2.14. The lowest BCUT2D eigenvalue weighted by Crippen LogP contribution is -2.43. The van der Waals surface area contributed by atoms with E-state index in [-0.39, 0.29) is 12.5 Å². The molecular weight excluding hydrogens is 286 g/mol. The van der Waals surface area contributed by atoms with Crippen LogP contribution in [0.25, 0.3) is 11.0 Å².